The lowest BCUT2D eigenvalue weighted by atomic mass is 10.2. The van der Waals surface area contributed by atoms with E-state index in [1.807, 2.05) is 26.0 Å². The molecule has 0 aliphatic carbocycles. The fourth-order valence-electron chi connectivity index (χ4n) is 3.25. The molecule has 0 amide bonds. The van der Waals surface area contributed by atoms with Crippen molar-refractivity contribution in [2.75, 3.05) is 26.3 Å². The summed E-state index contributed by atoms with van der Waals surface area (Å²) in [5, 5.41) is 0. The predicted octanol–water partition coefficient (Wildman–Crippen LogP) is 1.94. The van der Waals surface area contributed by atoms with Crippen LogP contribution in [0.5, 0.6) is 0 Å². The molecule has 0 saturated carbocycles. The van der Waals surface area contributed by atoms with Gasteiger partial charge in [0.15, 0.2) is 0 Å². The summed E-state index contributed by atoms with van der Waals surface area (Å²) in [6, 6.07) is 3.55. The molecular formula is C15H24N2O4S. The normalized spacial score (nSPS) is 28.3. The van der Waals surface area contributed by atoms with Gasteiger partial charge in [-0.25, -0.2) is 0 Å². The van der Waals surface area contributed by atoms with Crippen LogP contribution in [-0.4, -0.2) is 49.4 Å². The van der Waals surface area contributed by atoms with Gasteiger partial charge in [0.25, 0.3) is 10.2 Å². The Morgan fingerprint density at radius 2 is 2.09 bits per heavy atom. The molecule has 0 radical (unpaired) electrons. The maximum atomic E-state index is 13.0. The molecule has 2 aliphatic heterocycles. The van der Waals surface area contributed by atoms with Crippen LogP contribution in [0.3, 0.4) is 0 Å². The number of nitrogens with zero attached hydrogens (tertiary/aromatic N) is 2. The molecule has 6 nitrogen and oxygen atoms in total. The van der Waals surface area contributed by atoms with Crippen molar-refractivity contribution >= 4 is 10.2 Å². The van der Waals surface area contributed by atoms with Crippen molar-refractivity contribution in [3.63, 3.8) is 0 Å². The van der Waals surface area contributed by atoms with Crippen LogP contribution in [-0.2, 0) is 21.4 Å². The predicted molar refractivity (Wildman–Crippen MR) is 82.7 cm³/mol. The van der Waals surface area contributed by atoms with E-state index >= 15 is 0 Å². The van der Waals surface area contributed by atoms with E-state index in [-0.39, 0.29) is 12.1 Å². The zero-order chi connectivity index (χ0) is 15.7. The van der Waals surface area contributed by atoms with Gasteiger partial charge in [-0.2, -0.15) is 17.0 Å². The molecule has 2 saturated heterocycles. The number of aryl methyl sites for hydroxylation is 1. The maximum absolute atomic E-state index is 13.0. The van der Waals surface area contributed by atoms with Crippen LogP contribution in [0, 0.1) is 0 Å². The Labute approximate surface area is 132 Å². The fourth-order valence-corrected chi connectivity index (χ4v) is 5.23. The molecule has 2 fully saturated rings. The van der Waals surface area contributed by atoms with Crippen molar-refractivity contribution < 1.29 is 17.6 Å². The van der Waals surface area contributed by atoms with Gasteiger partial charge in [0.1, 0.15) is 11.5 Å². The van der Waals surface area contributed by atoms with E-state index in [1.54, 1.807) is 8.61 Å². The van der Waals surface area contributed by atoms with Crippen LogP contribution in [0.25, 0.3) is 0 Å². The average Bonchev–Trinajstić information content (AvgIpc) is 3.16. The number of rotatable bonds is 4. The molecule has 7 heteroatoms. The summed E-state index contributed by atoms with van der Waals surface area (Å²) >= 11 is 0. The lowest BCUT2D eigenvalue weighted by Gasteiger charge is -2.36. The molecule has 3 rings (SSSR count). The first-order valence-corrected chi connectivity index (χ1v) is 9.38. The fraction of sp³-hybridized carbons (Fsp3) is 0.733. The van der Waals surface area contributed by atoms with Gasteiger partial charge in [0, 0.05) is 25.6 Å². The Bertz CT molecular complexity index is 613. The molecule has 1 aromatic rings. The van der Waals surface area contributed by atoms with Crippen LogP contribution in [0.15, 0.2) is 16.5 Å². The number of morpholine rings is 1. The van der Waals surface area contributed by atoms with Gasteiger partial charge in [0.2, 0.25) is 0 Å². The van der Waals surface area contributed by atoms with Gasteiger partial charge < -0.3 is 9.15 Å². The van der Waals surface area contributed by atoms with Crippen molar-refractivity contribution in [2.24, 2.45) is 0 Å². The van der Waals surface area contributed by atoms with E-state index in [1.165, 1.54) is 0 Å². The number of hydrogen-bond acceptors (Lipinski definition) is 4. The van der Waals surface area contributed by atoms with Gasteiger partial charge >= 0.3 is 0 Å². The van der Waals surface area contributed by atoms with Crippen LogP contribution < -0.4 is 0 Å². The monoisotopic (exact) mass is 328 g/mol. The van der Waals surface area contributed by atoms with Crippen LogP contribution >= 0.6 is 0 Å². The Kier molecular flexibility index (Phi) is 4.59. The first-order valence-electron chi connectivity index (χ1n) is 7.99. The number of ether oxygens (including phenoxy) is 1. The highest BCUT2D eigenvalue weighted by Crippen LogP contribution is 2.36. The minimum absolute atomic E-state index is 0.122. The van der Waals surface area contributed by atoms with Crippen molar-refractivity contribution in [2.45, 2.75) is 45.2 Å². The number of furan rings is 1. The Balaban J connectivity index is 1.85. The summed E-state index contributed by atoms with van der Waals surface area (Å²) in [7, 11) is -3.48. The summed E-state index contributed by atoms with van der Waals surface area (Å²) in [6.07, 6.45) is 2.50. The molecule has 0 bridgehead atoms. The first kappa shape index (κ1) is 16.0. The highest BCUT2D eigenvalue weighted by Gasteiger charge is 2.42. The molecule has 124 valence electrons. The minimum atomic E-state index is -3.48. The molecule has 22 heavy (non-hydrogen) atoms. The van der Waals surface area contributed by atoms with E-state index in [4.69, 9.17) is 9.15 Å². The third-order valence-electron chi connectivity index (χ3n) is 4.46. The Morgan fingerprint density at radius 3 is 2.77 bits per heavy atom. The average molecular weight is 328 g/mol. The lowest BCUT2D eigenvalue weighted by molar-refractivity contribution is 0.0359. The zero-order valence-electron chi connectivity index (χ0n) is 13.2. The molecule has 0 spiro atoms. The van der Waals surface area contributed by atoms with E-state index in [2.05, 4.69) is 0 Å². The standard InChI is InChI=1S/C15H24N2O4S/c1-3-13-6-7-15(21-13)14-5-4-8-17(14)22(18,19)16-9-10-20-11-12(16)2/h6-7,12,14H,3-5,8-11H2,1-2H3/t12-,14-/m1/s1. The van der Waals surface area contributed by atoms with Gasteiger partial charge in [-0.3, -0.25) is 0 Å². The van der Waals surface area contributed by atoms with Crippen molar-refractivity contribution in [3.05, 3.63) is 23.7 Å². The van der Waals surface area contributed by atoms with E-state index in [0.717, 1.165) is 30.8 Å². The summed E-state index contributed by atoms with van der Waals surface area (Å²) in [6.45, 7) is 5.82. The second-order valence-corrected chi connectivity index (χ2v) is 7.80. The quantitative estimate of drug-likeness (QED) is 0.847. The smallest absolute Gasteiger partial charge is 0.283 e. The molecule has 0 N–H and O–H groups in total. The Morgan fingerprint density at radius 1 is 1.27 bits per heavy atom. The summed E-state index contributed by atoms with van der Waals surface area (Å²) < 4.78 is 40.4. The summed E-state index contributed by atoms with van der Waals surface area (Å²) in [5.41, 5.74) is 0. The van der Waals surface area contributed by atoms with Gasteiger partial charge in [-0.1, -0.05) is 6.92 Å². The van der Waals surface area contributed by atoms with Crippen LogP contribution in [0.1, 0.15) is 44.3 Å². The highest BCUT2D eigenvalue weighted by atomic mass is 32.2. The third-order valence-corrected chi connectivity index (χ3v) is 6.63. The van der Waals surface area contributed by atoms with Gasteiger partial charge in [-0.15, -0.1) is 0 Å². The zero-order valence-corrected chi connectivity index (χ0v) is 14.0. The third kappa shape index (κ3) is 2.82. The Hall–Kier alpha value is -0.890. The molecule has 1 aromatic heterocycles. The van der Waals surface area contributed by atoms with Gasteiger partial charge in [0.05, 0.1) is 19.3 Å². The molecule has 0 unspecified atom stereocenters. The minimum Gasteiger partial charge on any atom is -0.464 e. The van der Waals surface area contributed by atoms with Crippen molar-refractivity contribution in [1.82, 2.24) is 8.61 Å². The second kappa shape index (κ2) is 6.31. The van der Waals surface area contributed by atoms with Gasteiger partial charge in [-0.05, 0) is 31.9 Å². The second-order valence-electron chi connectivity index (χ2n) is 5.97. The molecule has 2 aliphatic rings. The summed E-state index contributed by atoms with van der Waals surface area (Å²) in [4.78, 5) is 0. The SMILES string of the molecule is CCc1ccc([C@H]2CCCN2S(=O)(=O)N2CCOC[C@H]2C)o1. The largest absolute Gasteiger partial charge is 0.464 e. The summed E-state index contributed by atoms with van der Waals surface area (Å²) in [5.74, 6) is 1.66. The van der Waals surface area contributed by atoms with Crippen LogP contribution in [0.4, 0.5) is 0 Å². The molecule has 0 aromatic carbocycles. The molecule has 3 heterocycles. The van der Waals surface area contributed by atoms with Crippen molar-refractivity contribution in [3.8, 4) is 0 Å². The van der Waals surface area contributed by atoms with Crippen molar-refractivity contribution in [1.29, 1.82) is 0 Å². The first-order chi connectivity index (χ1) is 10.5. The molecular weight excluding hydrogens is 304 g/mol. The molecule has 2 atom stereocenters. The number of hydrogen-bond donors (Lipinski definition) is 0. The lowest BCUT2D eigenvalue weighted by Crippen LogP contribution is -2.52. The van der Waals surface area contributed by atoms with E-state index in [0.29, 0.717) is 26.3 Å². The van der Waals surface area contributed by atoms with E-state index < -0.39 is 10.2 Å². The topological polar surface area (TPSA) is 63.0 Å². The highest BCUT2D eigenvalue weighted by molar-refractivity contribution is 7.86. The maximum Gasteiger partial charge on any atom is 0.283 e. The van der Waals surface area contributed by atoms with E-state index in [9.17, 15) is 8.42 Å². The van der Waals surface area contributed by atoms with Crippen LogP contribution in [0.2, 0.25) is 0 Å².